The Balaban J connectivity index is 1.86. The van der Waals surface area contributed by atoms with Crippen molar-refractivity contribution in [3.05, 3.63) is 53.1 Å². The van der Waals surface area contributed by atoms with Crippen LogP contribution in [-0.2, 0) is 24.3 Å². The molecule has 3 rings (SSSR count). The number of hydrogen-bond acceptors (Lipinski definition) is 6. The van der Waals surface area contributed by atoms with E-state index in [9.17, 15) is 22.8 Å². The summed E-state index contributed by atoms with van der Waals surface area (Å²) in [7, 11) is -2.83. The number of esters is 1. The van der Waals surface area contributed by atoms with Crippen molar-refractivity contribution in [1.82, 2.24) is 0 Å². The molecule has 0 aliphatic carbocycles. The Labute approximate surface area is 172 Å². The molecule has 8 nitrogen and oxygen atoms in total. The summed E-state index contributed by atoms with van der Waals surface area (Å²) in [5, 5.41) is 0.0994. The molecule has 0 atom stereocenters. The molecule has 10 heteroatoms. The fourth-order valence-electron chi connectivity index (χ4n) is 2.87. The third kappa shape index (κ3) is 4.41. The smallest absolute Gasteiger partial charge is 0.337 e. The van der Waals surface area contributed by atoms with Crippen LogP contribution in [0.3, 0.4) is 0 Å². The van der Waals surface area contributed by atoms with Crippen LogP contribution in [0.25, 0.3) is 0 Å². The number of imide groups is 1. The summed E-state index contributed by atoms with van der Waals surface area (Å²) in [5.74, 6) is -1.27. The summed E-state index contributed by atoms with van der Waals surface area (Å²) in [5.41, 5.74) is 0.455. The number of amides is 2. The second-order valence-corrected chi connectivity index (χ2v) is 8.35. The first-order valence-corrected chi connectivity index (χ1v) is 10.5. The monoisotopic (exact) mass is 436 g/mol. The van der Waals surface area contributed by atoms with Crippen LogP contribution in [0.2, 0.25) is 5.02 Å². The van der Waals surface area contributed by atoms with E-state index >= 15 is 0 Å². The highest BCUT2D eigenvalue weighted by Gasteiger charge is 2.27. The van der Waals surface area contributed by atoms with Crippen LogP contribution in [0.4, 0.5) is 11.4 Å². The molecular formula is C19H17ClN2O6S. The zero-order valence-corrected chi connectivity index (χ0v) is 16.9. The molecular weight excluding hydrogens is 420 g/mol. The van der Waals surface area contributed by atoms with Crippen LogP contribution in [0.1, 0.15) is 29.6 Å². The van der Waals surface area contributed by atoms with Gasteiger partial charge < -0.3 is 4.74 Å². The number of nitrogens with one attached hydrogen (secondary N) is 1. The first kappa shape index (κ1) is 20.8. The van der Waals surface area contributed by atoms with Gasteiger partial charge in [0.05, 0.1) is 34.0 Å². The standard InChI is InChI=1S/C19H17ClN2O6S/c1-28-19(25)12-5-10-15(20)16(11-12)21-29(26,27)14-8-6-13(7-9-14)22-17(23)3-2-4-18(22)24/h5-11,21H,2-4H2,1H3. The summed E-state index contributed by atoms with van der Waals surface area (Å²) in [6.45, 7) is 0. The fourth-order valence-corrected chi connectivity index (χ4v) is 4.16. The fraction of sp³-hybridized carbons (Fsp3) is 0.211. The first-order valence-electron chi connectivity index (χ1n) is 8.59. The number of carbonyl (C=O) groups excluding carboxylic acids is 3. The number of anilines is 2. The molecule has 0 spiro atoms. The minimum atomic E-state index is -4.03. The van der Waals surface area contributed by atoms with E-state index in [0.717, 1.165) is 4.90 Å². The van der Waals surface area contributed by atoms with E-state index in [1.807, 2.05) is 0 Å². The van der Waals surface area contributed by atoms with Gasteiger partial charge in [-0.3, -0.25) is 19.2 Å². The molecule has 2 aromatic rings. The van der Waals surface area contributed by atoms with Gasteiger partial charge in [-0.15, -0.1) is 0 Å². The second-order valence-electron chi connectivity index (χ2n) is 6.26. The van der Waals surface area contributed by atoms with Gasteiger partial charge in [0, 0.05) is 12.8 Å². The van der Waals surface area contributed by atoms with Crippen LogP contribution in [-0.4, -0.2) is 33.3 Å². The number of methoxy groups -OCH3 is 1. The quantitative estimate of drug-likeness (QED) is 0.570. The Morgan fingerprint density at radius 2 is 1.69 bits per heavy atom. The van der Waals surface area contributed by atoms with Gasteiger partial charge in [-0.25, -0.2) is 13.2 Å². The molecule has 0 aromatic heterocycles. The number of rotatable bonds is 5. The van der Waals surface area contributed by atoms with Crippen molar-refractivity contribution in [1.29, 1.82) is 0 Å². The first-order chi connectivity index (χ1) is 13.7. The number of ether oxygens (including phenoxy) is 1. The van der Waals surface area contributed by atoms with E-state index in [1.54, 1.807) is 0 Å². The highest BCUT2D eigenvalue weighted by Crippen LogP contribution is 2.28. The predicted octanol–water partition coefficient (Wildman–Crippen LogP) is 2.97. The maximum absolute atomic E-state index is 12.7. The minimum absolute atomic E-state index is 0.0139. The lowest BCUT2D eigenvalue weighted by atomic mass is 10.1. The van der Waals surface area contributed by atoms with Crippen molar-refractivity contribution in [3.8, 4) is 0 Å². The van der Waals surface area contributed by atoms with Gasteiger partial charge in [-0.1, -0.05) is 11.6 Å². The van der Waals surface area contributed by atoms with Gasteiger partial charge in [0.25, 0.3) is 10.0 Å². The van der Waals surface area contributed by atoms with Gasteiger partial charge in [0.15, 0.2) is 0 Å². The largest absolute Gasteiger partial charge is 0.465 e. The number of sulfonamides is 1. The number of hydrogen-bond donors (Lipinski definition) is 1. The lowest BCUT2D eigenvalue weighted by Gasteiger charge is -2.24. The van der Waals surface area contributed by atoms with Gasteiger partial charge in [0.1, 0.15) is 0 Å². The average molecular weight is 437 g/mol. The predicted molar refractivity (Wildman–Crippen MR) is 106 cm³/mol. The molecule has 0 unspecified atom stereocenters. The zero-order chi connectivity index (χ0) is 21.2. The topological polar surface area (TPSA) is 110 Å². The molecule has 2 aromatic carbocycles. The highest BCUT2D eigenvalue weighted by atomic mass is 35.5. The van der Waals surface area contributed by atoms with Crippen LogP contribution in [0.5, 0.6) is 0 Å². The van der Waals surface area contributed by atoms with Crippen LogP contribution < -0.4 is 9.62 Å². The average Bonchev–Trinajstić information content (AvgIpc) is 2.69. The van der Waals surface area contributed by atoms with E-state index in [-0.39, 0.29) is 45.8 Å². The van der Waals surface area contributed by atoms with Crippen LogP contribution in [0, 0.1) is 0 Å². The van der Waals surface area contributed by atoms with Crippen molar-refractivity contribution in [2.45, 2.75) is 24.2 Å². The number of carbonyl (C=O) groups is 3. The van der Waals surface area contributed by atoms with E-state index in [1.165, 1.54) is 49.6 Å². The van der Waals surface area contributed by atoms with E-state index in [4.69, 9.17) is 11.6 Å². The van der Waals surface area contributed by atoms with Crippen molar-refractivity contribution in [2.75, 3.05) is 16.7 Å². The Hall–Kier alpha value is -2.91. The summed E-state index contributed by atoms with van der Waals surface area (Å²) >= 11 is 6.04. The number of nitrogens with zero attached hydrogens (tertiary/aromatic N) is 1. The lowest BCUT2D eigenvalue weighted by Crippen LogP contribution is -2.40. The molecule has 1 fully saturated rings. The number of piperidine rings is 1. The Morgan fingerprint density at radius 1 is 1.07 bits per heavy atom. The molecule has 1 aliphatic rings. The molecule has 152 valence electrons. The summed E-state index contributed by atoms with van der Waals surface area (Å²) < 4.78 is 32.3. The van der Waals surface area contributed by atoms with Crippen LogP contribution >= 0.6 is 11.6 Å². The van der Waals surface area contributed by atoms with Gasteiger partial charge in [0.2, 0.25) is 11.8 Å². The molecule has 29 heavy (non-hydrogen) atoms. The van der Waals surface area contributed by atoms with E-state index in [2.05, 4.69) is 9.46 Å². The van der Waals surface area contributed by atoms with Crippen molar-refractivity contribution >= 4 is 50.8 Å². The van der Waals surface area contributed by atoms with Gasteiger partial charge in [-0.05, 0) is 48.9 Å². The van der Waals surface area contributed by atoms with Gasteiger partial charge in [-0.2, -0.15) is 0 Å². The number of halogens is 1. The second kappa shape index (κ2) is 8.22. The third-order valence-electron chi connectivity index (χ3n) is 4.32. The van der Waals surface area contributed by atoms with Crippen molar-refractivity contribution in [3.63, 3.8) is 0 Å². The summed E-state index contributed by atoms with van der Waals surface area (Å²) in [4.78, 5) is 36.6. The van der Waals surface area contributed by atoms with E-state index < -0.39 is 16.0 Å². The van der Waals surface area contributed by atoms with Crippen molar-refractivity contribution < 1.29 is 27.5 Å². The molecule has 0 saturated carbocycles. The summed E-state index contributed by atoms with van der Waals surface area (Å²) in [6, 6.07) is 9.40. The molecule has 1 aliphatic heterocycles. The molecule has 2 amide bonds. The normalized spacial score (nSPS) is 14.6. The Bertz CT molecular complexity index is 1070. The van der Waals surface area contributed by atoms with Crippen LogP contribution in [0.15, 0.2) is 47.4 Å². The van der Waals surface area contributed by atoms with Crippen molar-refractivity contribution in [2.24, 2.45) is 0 Å². The lowest BCUT2D eigenvalue weighted by molar-refractivity contribution is -0.129. The maximum Gasteiger partial charge on any atom is 0.337 e. The summed E-state index contributed by atoms with van der Waals surface area (Å²) in [6.07, 6.45) is 1.04. The minimum Gasteiger partial charge on any atom is -0.465 e. The highest BCUT2D eigenvalue weighted by molar-refractivity contribution is 7.92. The third-order valence-corrected chi connectivity index (χ3v) is 6.03. The Morgan fingerprint density at radius 3 is 2.28 bits per heavy atom. The van der Waals surface area contributed by atoms with E-state index in [0.29, 0.717) is 12.1 Å². The molecule has 0 bridgehead atoms. The SMILES string of the molecule is COC(=O)c1ccc(Cl)c(NS(=O)(=O)c2ccc(N3C(=O)CCCC3=O)cc2)c1. The molecule has 1 N–H and O–H groups in total. The maximum atomic E-state index is 12.7. The number of benzene rings is 2. The zero-order valence-electron chi connectivity index (χ0n) is 15.3. The molecule has 1 saturated heterocycles. The molecule has 1 heterocycles. The molecule has 0 radical (unpaired) electrons. The van der Waals surface area contributed by atoms with Gasteiger partial charge >= 0.3 is 5.97 Å². The Kier molecular flexibility index (Phi) is 5.90.